The van der Waals surface area contributed by atoms with E-state index in [1.807, 2.05) is 6.92 Å². The number of ether oxygens (including phenoxy) is 2. The standard InChI is InChI=1S/C25H21FN2O4/c1-15-8-10-18-24(30)19(23(29)17-6-4-5-7-21(17)31-2)14-28(25(18)27-15)13-16-9-11-22(32-3)20(26)12-16/h4-12,14H,13H2,1-3H3. The van der Waals surface area contributed by atoms with E-state index in [1.165, 1.54) is 32.5 Å². The number of carbonyl (C=O) groups excluding carboxylic acids is 1. The van der Waals surface area contributed by atoms with Crippen LogP contribution in [0.1, 0.15) is 27.2 Å². The van der Waals surface area contributed by atoms with Crippen molar-refractivity contribution in [1.29, 1.82) is 0 Å². The molecule has 162 valence electrons. The third-order valence-corrected chi connectivity index (χ3v) is 5.23. The number of hydrogen-bond donors (Lipinski definition) is 0. The fraction of sp³-hybridized carbons (Fsp3) is 0.160. The summed E-state index contributed by atoms with van der Waals surface area (Å²) in [5.74, 6) is -0.434. The van der Waals surface area contributed by atoms with E-state index >= 15 is 0 Å². The van der Waals surface area contributed by atoms with Gasteiger partial charge < -0.3 is 14.0 Å². The number of hydrogen-bond acceptors (Lipinski definition) is 5. The summed E-state index contributed by atoms with van der Waals surface area (Å²) in [7, 11) is 2.87. The number of halogens is 1. The highest BCUT2D eigenvalue weighted by Gasteiger charge is 2.21. The van der Waals surface area contributed by atoms with Crippen molar-refractivity contribution >= 4 is 16.8 Å². The molecule has 0 amide bonds. The molecule has 0 unspecified atom stereocenters. The summed E-state index contributed by atoms with van der Waals surface area (Å²) in [6.07, 6.45) is 1.48. The van der Waals surface area contributed by atoms with Gasteiger partial charge in [-0.05, 0) is 48.9 Å². The molecule has 0 bridgehead atoms. The maximum Gasteiger partial charge on any atom is 0.202 e. The summed E-state index contributed by atoms with van der Waals surface area (Å²) in [6.45, 7) is 2.02. The third-order valence-electron chi connectivity index (χ3n) is 5.23. The summed E-state index contributed by atoms with van der Waals surface area (Å²) < 4.78 is 26.2. The summed E-state index contributed by atoms with van der Waals surface area (Å²) in [4.78, 5) is 31.0. The fourth-order valence-corrected chi connectivity index (χ4v) is 3.62. The van der Waals surface area contributed by atoms with Crippen molar-refractivity contribution in [2.24, 2.45) is 0 Å². The van der Waals surface area contributed by atoms with Gasteiger partial charge in [-0.15, -0.1) is 0 Å². The monoisotopic (exact) mass is 432 g/mol. The van der Waals surface area contributed by atoms with Crippen molar-refractivity contribution in [3.63, 3.8) is 0 Å². The van der Waals surface area contributed by atoms with Crippen LogP contribution in [0.5, 0.6) is 11.5 Å². The number of pyridine rings is 2. The molecule has 0 aliphatic rings. The van der Waals surface area contributed by atoms with Crippen molar-refractivity contribution in [3.05, 3.63) is 99.2 Å². The predicted molar refractivity (Wildman–Crippen MR) is 119 cm³/mol. The van der Waals surface area contributed by atoms with Crippen LogP contribution in [0.2, 0.25) is 0 Å². The van der Waals surface area contributed by atoms with Gasteiger partial charge in [0.05, 0.1) is 30.7 Å². The fourth-order valence-electron chi connectivity index (χ4n) is 3.62. The predicted octanol–water partition coefficient (Wildman–Crippen LogP) is 4.14. The Balaban J connectivity index is 1.89. The smallest absolute Gasteiger partial charge is 0.202 e. The molecule has 0 radical (unpaired) electrons. The normalized spacial score (nSPS) is 10.9. The number of aryl methyl sites for hydroxylation is 1. The molecular formula is C25H21FN2O4. The number of methoxy groups -OCH3 is 2. The molecule has 4 aromatic rings. The molecule has 2 heterocycles. The lowest BCUT2D eigenvalue weighted by Gasteiger charge is -2.14. The summed E-state index contributed by atoms with van der Waals surface area (Å²) in [6, 6.07) is 14.7. The van der Waals surface area contributed by atoms with Gasteiger partial charge >= 0.3 is 0 Å². The number of rotatable bonds is 6. The van der Waals surface area contributed by atoms with Crippen molar-refractivity contribution < 1.29 is 18.7 Å². The maximum atomic E-state index is 14.2. The molecule has 0 saturated heterocycles. The Kier molecular flexibility index (Phi) is 5.73. The number of carbonyl (C=O) groups is 1. The van der Waals surface area contributed by atoms with E-state index in [-0.39, 0.29) is 23.4 Å². The van der Waals surface area contributed by atoms with Crippen molar-refractivity contribution in [2.75, 3.05) is 14.2 Å². The molecule has 32 heavy (non-hydrogen) atoms. The highest BCUT2D eigenvalue weighted by molar-refractivity contribution is 6.11. The maximum absolute atomic E-state index is 14.2. The van der Waals surface area contributed by atoms with Crippen LogP contribution in [-0.4, -0.2) is 29.6 Å². The van der Waals surface area contributed by atoms with Crippen LogP contribution in [0.3, 0.4) is 0 Å². The first-order valence-electron chi connectivity index (χ1n) is 9.94. The Hall–Kier alpha value is -4.00. The lowest BCUT2D eigenvalue weighted by atomic mass is 10.0. The second-order valence-corrected chi connectivity index (χ2v) is 7.32. The molecule has 4 rings (SSSR count). The van der Waals surface area contributed by atoms with Crippen molar-refractivity contribution in [1.82, 2.24) is 9.55 Å². The summed E-state index contributed by atoms with van der Waals surface area (Å²) >= 11 is 0. The van der Waals surface area contributed by atoms with Gasteiger partial charge in [0.15, 0.2) is 11.6 Å². The molecule has 0 N–H and O–H groups in total. The molecule has 2 aromatic carbocycles. The first-order chi connectivity index (χ1) is 15.4. The van der Waals surface area contributed by atoms with E-state index < -0.39 is 17.0 Å². The number of ketones is 1. The zero-order valence-corrected chi connectivity index (χ0v) is 17.9. The summed E-state index contributed by atoms with van der Waals surface area (Å²) in [5, 5.41) is 0.310. The highest BCUT2D eigenvalue weighted by atomic mass is 19.1. The minimum Gasteiger partial charge on any atom is -0.496 e. The largest absolute Gasteiger partial charge is 0.496 e. The van der Waals surface area contributed by atoms with Crippen LogP contribution < -0.4 is 14.9 Å². The molecule has 0 aliphatic carbocycles. The topological polar surface area (TPSA) is 70.4 Å². The Morgan fingerprint density at radius 3 is 2.47 bits per heavy atom. The van der Waals surface area contributed by atoms with Crippen LogP contribution >= 0.6 is 0 Å². The minimum absolute atomic E-state index is 0.0124. The van der Waals surface area contributed by atoms with Crippen molar-refractivity contribution in [2.45, 2.75) is 13.5 Å². The van der Waals surface area contributed by atoms with E-state index in [2.05, 4.69) is 4.98 Å². The Labute approximate surface area is 183 Å². The van der Waals surface area contributed by atoms with Gasteiger partial charge in [-0.3, -0.25) is 9.59 Å². The van der Waals surface area contributed by atoms with Gasteiger partial charge in [0.2, 0.25) is 11.2 Å². The van der Waals surface area contributed by atoms with Crippen LogP contribution in [0.15, 0.2) is 65.6 Å². The first-order valence-corrected chi connectivity index (χ1v) is 9.94. The van der Waals surface area contributed by atoms with Gasteiger partial charge in [-0.1, -0.05) is 18.2 Å². The first kappa shape index (κ1) is 21.2. The van der Waals surface area contributed by atoms with Crippen LogP contribution in [0, 0.1) is 12.7 Å². The molecule has 0 fully saturated rings. The Bertz CT molecular complexity index is 1390. The van der Waals surface area contributed by atoms with E-state index in [0.29, 0.717) is 22.3 Å². The second-order valence-electron chi connectivity index (χ2n) is 7.32. The van der Waals surface area contributed by atoms with Gasteiger partial charge in [0.1, 0.15) is 11.4 Å². The molecule has 0 spiro atoms. The van der Waals surface area contributed by atoms with Gasteiger partial charge in [0.25, 0.3) is 0 Å². The molecule has 6 nitrogen and oxygen atoms in total. The third kappa shape index (κ3) is 3.85. The Morgan fingerprint density at radius 1 is 1.00 bits per heavy atom. The number of fused-ring (bicyclic) bond motifs is 1. The average Bonchev–Trinajstić information content (AvgIpc) is 2.80. The number of aromatic nitrogens is 2. The SMILES string of the molecule is COc1ccc(Cn2cc(C(=O)c3ccccc3OC)c(=O)c3ccc(C)nc32)cc1F. The lowest BCUT2D eigenvalue weighted by molar-refractivity contribution is 0.103. The molecule has 0 saturated carbocycles. The van der Waals surface area contributed by atoms with E-state index in [0.717, 1.165) is 5.69 Å². The Morgan fingerprint density at radius 2 is 1.75 bits per heavy atom. The molecule has 2 aromatic heterocycles. The number of nitrogens with zero attached hydrogens (tertiary/aromatic N) is 2. The van der Waals surface area contributed by atoms with E-state index in [9.17, 15) is 14.0 Å². The van der Waals surface area contributed by atoms with Crippen LogP contribution in [0.4, 0.5) is 4.39 Å². The molecule has 0 atom stereocenters. The van der Waals surface area contributed by atoms with Gasteiger partial charge in [-0.2, -0.15) is 0 Å². The minimum atomic E-state index is -0.496. The average molecular weight is 432 g/mol. The number of para-hydroxylation sites is 1. The van der Waals surface area contributed by atoms with E-state index in [1.54, 1.807) is 47.0 Å². The summed E-state index contributed by atoms with van der Waals surface area (Å²) in [5.41, 5.74) is 1.63. The van der Waals surface area contributed by atoms with E-state index in [4.69, 9.17) is 9.47 Å². The molecule has 0 aliphatic heterocycles. The lowest BCUT2D eigenvalue weighted by Crippen LogP contribution is -2.21. The second kappa shape index (κ2) is 8.63. The zero-order chi connectivity index (χ0) is 22.8. The van der Waals surface area contributed by atoms with Crippen LogP contribution in [-0.2, 0) is 6.54 Å². The highest BCUT2D eigenvalue weighted by Crippen LogP contribution is 2.23. The van der Waals surface area contributed by atoms with Gasteiger partial charge in [-0.25, -0.2) is 9.37 Å². The van der Waals surface area contributed by atoms with Crippen molar-refractivity contribution in [3.8, 4) is 11.5 Å². The molecule has 7 heteroatoms. The zero-order valence-electron chi connectivity index (χ0n) is 17.9. The van der Waals surface area contributed by atoms with Gasteiger partial charge in [0, 0.05) is 18.4 Å². The number of benzene rings is 2. The molecular weight excluding hydrogens is 411 g/mol. The quantitative estimate of drug-likeness (QED) is 0.428. The van der Waals surface area contributed by atoms with Crippen LogP contribution in [0.25, 0.3) is 11.0 Å².